The molecule has 64 valence electrons. The Morgan fingerprint density at radius 1 is 1.36 bits per heavy atom. The number of hydrogen-bond acceptors (Lipinski definition) is 1. The van der Waals surface area contributed by atoms with E-state index in [0.717, 1.165) is 24.5 Å². The highest BCUT2D eigenvalue weighted by Crippen LogP contribution is 2.34. The van der Waals surface area contributed by atoms with Crippen LogP contribution in [0.15, 0.2) is 0 Å². The van der Waals surface area contributed by atoms with Gasteiger partial charge >= 0.3 is 0 Å². The smallest absolute Gasteiger partial charge is 0.120 e. The molecule has 1 aliphatic rings. The van der Waals surface area contributed by atoms with Crippen LogP contribution in [0.1, 0.15) is 39.5 Å². The zero-order valence-electron chi connectivity index (χ0n) is 7.55. The molecule has 3 unspecified atom stereocenters. The Morgan fingerprint density at radius 2 is 2.09 bits per heavy atom. The van der Waals surface area contributed by atoms with Gasteiger partial charge in [-0.05, 0) is 30.6 Å². The van der Waals surface area contributed by atoms with E-state index in [0.29, 0.717) is 5.92 Å². The van der Waals surface area contributed by atoms with E-state index < -0.39 is 0 Å². The molecule has 0 bridgehead atoms. The Hall–Kier alpha value is -0.330. The third-order valence-corrected chi connectivity index (χ3v) is 3.01. The fourth-order valence-corrected chi connectivity index (χ4v) is 2.20. The first-order valence-corrected chi connectivity index (χ1v) is 4.67. The Balaban J connectivity index is 2.37. The highest BCUT2D eigenvalue weighted by molar-refractivity contribution is 5.49. The molecule has 0 spiro atoms. The topological polar surface area (TPSA) is 17.1 Å². The van der Waals surface area contributed by atoms with Crippen LogP contribution in [0.5, 0.6) is 0 Å². The van der Waals surface area contributed by atoms with Crippen molar-refractivity contribution in [3.05, 3.63) is 0 Å². The molecule has 0 aromatic heterocycles. The predicted octanol–water partition coefficient (Wildman–Crippen LogP) is 2.65. The average Bonchev–Trinajstić information content (AvgIpc) is 1.95. The third-order valence-electron chi connectivity index (χ3n) is 3.01. The maximum absolute atomic E-state index is 10.3. The van der Waals surface area contributed by atoms with Crippen molar-refractivity contribution in [3.63, 3.8) is 0 Å². The SMILES string of the molecule is CC1CCC(CC=O)C(C)C1. The van der Waals surface area contributed by atoms with Gasteiger partial charge in [0.25, 0.3) is 0 Å². The molecule has 0 aliphatic heterocycles. The Labute approximate surface area is 69.2 Å². The fourth-order valence-electron chi connectivity index (χ4n) is 2.20. The fraction of sp³-hybridized carbons (Fsp3) is 0.900. The molecule has 0 aromatic carbocycles. The molecule has 1 nitrogen and oxygen atoms in total. The lowest BCUT2D eigenvalue weighted by Crippen LogP contribution is -2.21. The molecule has 11 heavy (non-hydrogen) atoms. The second-order valence-electron chi connectivity index (χ2n) is 4.06. The summed E-state index contributed by atoms with van der Waals surface area (Å²) >= 11 is 0. The maximum atomic E-state index is 10.3. The summed E-state index contributed by atoms with van der Waals surface area (Å²) in [5.74, 6) is 2.33. The van der Waals surface area contributed by atoms with Gasteiger partial charge in [0.05, 0.1) is 0 Å². The van der Waals surface area contributed by atoms with Crippen LogP contribution >= 0.6 is 0 Å². The zero-order valence-corrected chi connectivity index (χ0v) is 7.55. The molecular formula is C10H18O. The normalized spacial score (nSPS) is 38.5. The Bertz CT molecular complexity index is 131. The van der Waals surface area contributed by atoms with Crippen molar-refractivity contribution in [2.75, 3.05) is 0 Å². The van der Waals surface area contributed by atoms with Crippen molar-refractivity contribution < 1.29 is 4.79 Å². The van der Waals surface area contributed by atoms with E-state index in [-0.39, 0.29) is 0 Å². The highest BCUT2D eigenvalue weighted by atomic mass is 16.1. The van der Waals surface area contributed by atoms with Crippen LogP contribution in [-0.4, -0.2) is 6.29 Å². The van der Waals surface area contributed by atoms with Gasteiger partial charge in [0.15, 0.2) is 0 Å². The van der Waals surface area contributed by atoms with Gasteiger partial charge in [0.2, 0.25) is 0 Å². The summed E-state index contributed by atoms with van der Waals surface area (Å²) < 4.78 is 0. The third kappa shape index (κ3) is 2.32. The largest absolute Gasteiger partial charge is 0.303 e. The lowest BCUT2D eigenvalue weighted by atomic mass is 9.74. The Kier molecular flexibility index (Phi) is 3.10. The van der Waals surface area contributed by atoms with Gasteiger partial charge in [0.1, 0.15) is 6.29 Å². The summed E-state index contributed by atoms with van der Waals surface area (Å²) in [4.78, 5) is 10.3. The average molecular weight is 154 g/mol. The van der Waals surface area contributed by atoms with Crippen molar-refractivity contribution >= 4 is 6.29 Å². The number of carbonyl (C=O) groups is 1. The quantitative estimate of drug-likeness (QED) is 0.559. The van der Waals surface area contributed by atoms with Crippen molar-refractivity contribution in [2.24, 2.45) is 17.8 Å². The number of aldehydes is 1. The van der Waals surface area contributed by atoms with E-state index in [1.54, 1.807) is 0 Å². The van der Waals surface area contributed by atoms with Crippen LogP contribution in [0.3, 0.4) is 0 Å². The molecule has 0 amide bonds. The maximum Gasteiger partial charge on any atom is 0.120 e. The van der Waals surface area contributed by atoms with Gasteiger partial charge in [-0.1, -0.05) is 20.3 Å². The molecule has 1 heteroatoms. The van der Waals surface area contributed by atoms with E-state index in [1.807, 2.05) is 0 Å². The lowest BCUT2D eigenvalue weighted by molar-refractivity contribution is -0.109. The van der Waals surface area contributed by atoms with Crippen LogP contribution in [-0.2, 0) is 4.79 Å². The van der Waals surface area contributed by atoms with Crippen LogP contribution in [0.2, 0.25) is 0 Å². The van der Waals surface area contributed by atoms with Gasteiger partial charge in [-0.3, -0.25) is 0 Å². The molecule has 1 saturated carbocycles. The van der Waals surface area contributed by atoms with Crippen molar-refractivity contribution in [3.8, 4) is 0 Å². The van der Waals surface area contributed by atoms with E-state index in [4.69, 9.17) is 0 Å². The molecule has 1 aliphatic carbocycles. The van der Waals surface area contributed by atoms with Gasteiger partial charge < -0.3 is 4.79 Å². The summed E-state index contributed by atoms with van der Waals surface area (Å²) in [7, 11) is 0. The number of hydrogen-bond donors (Lipinski definition) is 0. The minimum Gasteiger partial charge on any atom is -0.303 e. The summed E-state index contributed by atoms with van der Waals surface area (Å²) in [5, 5.41) is 0. The number of carbonyl (C=O) groups excluding carboxylic acids is 1. The molecular weight excluding hydrogens is 136 g/mol. The van der Waals surface area contributed by atoms with Crippen molar-refractivity contribution in [2.45, 2.75) is 39.5 Å². The molecule has 0 radical (unpaired) electrons. The van der Waals surface area contributed by atoms with Gasteiger partial charge in [-0.25, -0.2) is 0 Å². The van der Waals surface area contributed by atoms with Crippen LogP contribution in [0.4, 0.5) is 0 Å². The summed E-state index contributed by atoms with van der Waals surface area (Å²) in [5.41, 5.74) is 0. The van der Waals surface area contributed by atoms with Crippen molar-refractivity contribution in [1.29, 1.82) is 0 Å². The minimum atomic E-state index is 0.684. The standard InChI is InChI=1S/C10H18O/c1-8-3-4-10(5-6-11)9(2)7-8/h6,8-10H,3-5,7H2,1-2H3. The summed E-state index contributed by atoms with van der Waals surface area (Å²) in [6.07, 6.45) is 5.77. The molecule has 1 rings (SSSR count). The minimum absolute atomic E-state index is 0.684. The molecule has 0 aromatic rings. The van der Waals surface area contributed by atoms with Crippen LogP contribution < -0.4 is 0 Å². The summed E-state index contributed by atoms with van der Waals surface area (Å²) in [6.45, 7) is 4.59. The van der Waals surface area contributed by atoms with Crippen molar-refractivity contribution in [1.82, 2.24) is 0 Å². The highest BCUT2D eigenvalue weighted by Gasteiger charge is 2.24. The molecule has 3 atom stereocenters. The van der Waals surface area contributed by atoms with E-state index in [9.17, 15) is 4.79 Å². The van der Waals surface area contributed by atoms with Crippen LogP contribution in [0.25, 0.3) is 0 Å². The first kappa shape index (κ1) is 8.76. The molecule has 1 fully saturated rings. The van der Waals surface area contributed by atoms with Gasteiger partial charge in [-0.2, -0.15) is 0 Å². The molecule has 0 heterocycles. The molecule has 0 saturated heterocycles. The Morgan fingerprint density at radius 3 is 2.64 bits per heavy atom. The lowest BCUT2D eigenvalue weighted by Gasteiger charge is -2.31. The first-order valence-electron chi connectivity index (χ1n) is 4.67. The van der Waals surface area contributed by atoms with Gasteiger partial charge in [0, 0.05) is 6.42 Å². The monoisotopic (exact) mass is 154 g/mol. The summed E-state index contributed by atoms with van der Waals surface area (Å²) in [6, 6.07) is 0. The molecule has 0 N–H and O–H groups in total. The van der Waals surface area contributed by atoms with E-state index >= 15 is 0 Å². The predicted molar refractivity (Wildman–Crippen MR) is 46.4 cm³/mol. The van der Waals surface area contributed by atoms with E-state index in [2.05, 4.69) is 13.8 Å². The van der Waals surface area contributed by atoms with Crippen LogP contribution in [0, 0.1) is 17.8 Å². The second-order valence-corrected chi connectivity index (χ2v) is 4.06. The van der Waals surface area contributed by atoms with Gasteiger partial charge in [-0.15, -0.1) is 0 Å². The second kappa shape index (κ2) is 3.89. The zero-order chi connectivity index (χ0) is 8.27. The first-order chi connectivity index (χ1) is 5.24. The number of rotatable bonds is 2. The van der Waals surface area contributed by atoms with E-state index in [1.165, 1.54) is 19.3 Å².